The van der Waals surface area contributed by atoms with Crippen molar-refractivity contribution in [2.75, 3.05) is 30.3 Å². The zero-order chi connectivity index (χ0) is 17.2. The summed E-state index contributed by atoms with van der Waals surface area (Å²) in [6, 6.07) is 4.72. The van der Waals surface area contributed by atoms with E-state index in [-0.39, 0.29) is 17.8 Å². The molecule has 0 aliphatic carbocycles. The number of benzene rings is 1. The smallest absolute Gasteiger partial charge is 0.224 e. The summed E-state index contributed by atoms with van der Waals surface area (Å²) >= 11 is 0. The Morgan fingerprint density at radius 1 is 1.29 bits per heavy atom. The van der Waals surface area contributed by atoms with Gasteiger partial charge in [0, 0.05) is 25.3 Å². The Balaban J connectivity index is 1.73. The normalized spacial score (nSPS) is 17.0. The summed E-state index contributed by atoms with van der Waals surface area (Å²) in [4.78, 5) is 11.9. The van der Waals surface area contributed by atoms with Crippen LogP contribution in [0.1, 0.15) is 44.9 Å². The second-order valence-corrected chi connectivity index (χ2v) is 6.21. The summed E-state index contributed by atoms with van der Waals surface area (Å²) in [7, 11) is 0. The van der Waals surface area contributed by atoms with Gasteiger partial charge in [-0.2, -0.15) is 0 Å². The number of unbranched alkanes of at least 4 members (excludes halogenated alkanes) is 3. The van der Waals surface area contributed by atoms with Crippen LogP contribution in [0.15, 0.2) is 18.2 Å². The maximum atomic E-state index is 14.1. The van der Waals surface area contributed by atoms with Gasteiger partial charge < -0.3 is 21.1 Å². The first-order valence-electron chi connectivity index (χ1n) is 8.84. The lowest BCUT2D eigenvalue weighted by atomic mass is 10.1. The van der Waals surface area contributed by atoms with Crippen molar-refractivity contribution < 1.29 is 13.9 Å². The van der Waals surface area contributed by atoms with Crippen molar-refractivity contribution in [3.63, 3.8) is 0 Å². The van der Waals surface area contributed by atoms with Crippen LogP contribution in [-0.2, 0) is 9.53 Å². The monoisotopic (exact) mass is 337 g/mol. The molecule has 1 aromatic carbocycles. The van der Waals surface area contributed by atoms with E-state index in [0.717, 1.165) is 45.1 Å². The van der Waals surface area contributed by atoms with Crippen molar-refractivity contribution in [1.29, 1.82) is 0 Å². The standard InChI is InChI=1S/C18H28FN3O2/c19-16-12-14(22-18(23)7-3-1-2-4-10-20)8-9-17(16)21-13-15-6-5-11-24-15/h8-9,12,15,21H,1-7,10-11,13,20H2,(H,22,23). The summed E-state index contributed by atoms with van der Waals surface area (Å²) in [5.41, 5.74) is 6.35. The Morgan fingerprint density at radius 3 is 2.83 bits per heavy atom. The predicted molar refractivity (Wildman–Crippen MR) is 94.6 cm³/mol. The van der Waals surface area contributed by atoms with Crippen molar-refractivity contribution in [3.8, 4) is 0 Å². The molecule has 4 N–H and O–H groups in total. The van der Waals surface area contributed by atoms with Crippen LogP contribution >= 0.6 is 0 Å². The minimum Gasteiger partial charge on any atom is -0.380 e. The topological polar surface area (TPSA) is 76.4 Å². The highest BCUT2D eigenvalue weighted by Crippen LogP contribution is 2.20. The van der Waals surface area contributed by atoms with E-state index in [4.69, 9.17) is 10.5 Å². The number of halogens is 1. The van der Waals surface area contributed by atoms with Gasteiger partial charge in [0.25, 0.3) is 0 Å². The fourth-order valence-electron chi connectivity index (χ4n) is 2.77. The Labute approximate surface area is 143 Å². The first-order valence-corrected chi connectivity index (χ1v) is 8.84. The van der Waals surface area contributed by atoms with Gasteiger partial charge in [0.2, 0.25) is 5.91 Å². The fraction of sp³-hybridized carbons (Fsp3) is 0.611. The fourth-order valence-corrected chi connectivity index (χ4v) is 2.77. The molecule has 24 heavy (non-hydrogen) atoms. The number of hydrogen-bond donors (Lipinski definition) is 3. The van der Waals surface area contributed by atoms with E-state index >= 15 is 0 Å². The number of rotatable bonds is 10. The minimum absolute atomic E-state index is 0.0813. The molecule has 6 heteroatoms. The highest BCUT2D eigenvalue weighted by atomic mass is 19.1. The Kier molecular flexibility index (Phi) is 7.98. The molecule has 1 unspecified atom stereocenters. The largest absolute Gasteiger partial charge is 0.380 e. The van der Waals surface area contributed by atoms with Gasteiger partial charge in [-0.1, -0.05) is 12.8 Å². The summed E-state index contributed by atoms with van der Waals surface area (Å²) in [5.74, 6) is -0.448. The third-order valence-corrected chi connectivity index (χ3v) is 4.15. The summed E-state index contributed by atoms with van der Waals surface area (Å²) < 4.78 is 19.6. The van der Waals surface area contributed by atoms with Gasteiger partial charge in [-0.15, -0.1) is 0 Å². The predicted octanol–water partition coefficient (Wildman–Crippen LogP) is 3.26. The molecule has 1 amide bonds. The molecule has 0 spiro atoms. The van der Waals surface area contributed by atoms with E-state index in [1.807, 2.05) is 0 Å². The maximum Gasteiger partial charge on any atom is 0.224 e. The molecule has 5 nitrogen and oxygen atoms in total. The zero-order valence-corrected chi connectivity index (χ0v) is 14.2. The molecule has 1 heterocycles. The molecule has 1 aliphatic heterocycles. The molecular formula is C18H28FN3O2. The van der Waals surface area contributed by atoms with Gasteiger partial charge in [0.1, 0.15) is 5.82 Å². The lowest BCUT2D eigenvalue weighted by molar-refractivity contribution is -0.116. The molecule has 1 saturated heterocycles. The van der Waals surface area contributed by atoms with Gasteiger partial charge in [-0.25, -0.2) is 4.39 Å². The van der Waals surface area contributed by atoms with E-state index in [1.165, 1.54) is 6.07 Å². The molecule has 0 radical (unpaired) electrons. The van der Waals surface area contributed by atoms with Crippen LogP contribution in [0.3, 0.4) is 0 Å². The Morgan fingerprint density at radius 2 is 2.12 bits per heavy atom. The quantitative estimate of drug-likeness (QED) is 0.573. The highest BCUT2D eigenvalue weighted by molar-refractivity contribution is 5.90. The van der Waals surface area contributed by atoms with E-state index < -0.39 is 0 Å². The molecule has 134 valence electrons. The highest BCUT2D eigenvalue weighted by Gasteiger charge is 2.15. The average molecular weight is 337 g/mol. The number of ether oxygens (including phenoxy) is 1. The Bertz CT molecular complexity index is 519. The van der Waals surface area contributed by atoms with Crippen molar-refractivity contribution in [2.24, 2.45) is 5.73 Å². The van der Waals surface area contributed by atoms with E-state index in [9.17, 15) is 9.18 Å². The second kappa shape index (κ2) is 10.3. The van der Waals surface area contributed by atoms with Gasteiger partial charge >= 0.3 is 0 Å². The molecule has 0 saturated carbocycles. The molecule has 1 fully saturated rings. The Hall–Kier alpha value is -1.66. The molecule has 0 bridgehead atoms. The lowest BCUT2D eigenvalue weighted by Crippen LogP contribution is -2.19. The number of carbonyl (C=O) groups excluding carboxylic acids is 1. The van der Waals surface area contributed by atoms with E-state index in [1.54, 1.807) is 12.1 Å². The van der Waals surface area contributed by atoms with Crippen LogP contribution < -0.4 is 16.4 Å². The third-order valence-electron chi connectivity index (χ3n) is 4.15. The number of anilines is 2. The van der Waals surface area contributed by atoms with Crippen LogP contribution in [0.5, 0.6) is 0 Å². The van der Waals surface area contributed by atoms with Crippen LogP contribution in [-0.4, -0.2) is 31.7 Å². The number of carbonyl (C=O) groups is 1. The number of nitrogens with one attached hydrogen (secondary N) is 2. The van der Waals surface area contributed by atoms with Crippen molar-refractivity contribution in [3.05, 3.63) is 24.0 Å². The average Bonchev–Trinajstić information content (AvgIpc) is 3.07. The minimum atomic E-state index is -0.367. The summed E-state index contributed by atoms with van der Waals surface area (Å²) in [6.07, 6.45) is 6.53. The van der Waals surface area contributed by atoms with Crippen LogP contribution in [0.4, 0.5) is 15.8 Å². The van der Waals surface area contributed by atoms with Crippen LogP contribution in [0, 0.1) is 5.82 Å². The number of hydrogen-bond acceptors (Lipinski definition) is 4. The second-order valence-electron chi connectivity index (χ2n) is 6.21. The molecule has 1 aliphatic rings. The molecule has 2 rings (SSSR count). The number of amides is 1. The van der Waals surface area contributed by atoms with Gasteiger partial charge in [-0.05, 0) is 50.4 Å². The lowest BCUT2D eigenvalue weighted by Gasteiger charge is -2.13. The molecular weight excluding hydrogens is 309 g/mol. The number of nitrogens with two attached hydrogens (primary N) is 1. The van der Waals surface area contributed by atoms with Crippen molar-refractivity contribution >= 4 is 17.3 Å². The molecule has 1 aromatic rings. The zero-order valence-electron chi connectivity index (χ0n) is 14.2. The van der Waals surface area contributed by atoms with E-state index in [2.05, 4.69) is 10.6 Å². The molecule has 0 aromatic heterocycles. The van der Waals surface area contributed by atoms with Crippen molar-refractivity contribution in [1.82, 2.24) is 0 Å². The summed E-state index contributed by atoms with van der Waals surface area (Å²) in [5, 5.41) is 5.81. The SMILES string of the molecule is NCCCCCCC(=O)Nc1ccc(NCC2CCCO2)c(F)c1. The molecule has 1 atom stereocenters. The van der Waals surface area contributed by atoms with Crippen LogP contribution in [0.2, 0.25) is 0 Å². The van der Waals surface area contributed by atoms with Crippen molar-refractivity contribution in [2.45, 2.75) is 51.0 Å². The van der Waals surface area contributed by atoms with Crippen LogP contribution in [0.25, 0.3) is 0 Å². The third kappa shape index (κ3) is 6.45. The first-order chi connectivity index (χ1) is 11.7. The maximum absolute atomic E-state index is 14.1. The van der Waals surface area contributed by atoms with Gasteiger partial charge in [0.05, 0.1) is 11.8 Å². The first kappa shape index (κ1) is 18.7. The summed E-state index contributed by atoms with van der Waals surface area (Å²) in [6.45, 7) is 2.08. The van der Waals surface area contributed by atoms with E-state index in [0.29, 0.717) is 30.9 Å². The van der Waals surface area contributed by atoms with Gasteiger partial charge in [0.15, 0.2) is 0 Å². The van der Waals surface area contributed by atoms with Gasteiger partial charge in [-0.3, -0.25) is 4.79 Å².